The number of nitrogens with two attached hydrogens (primary N) is 1. The van der Waals surface area contributed by atoms with E-state index < -0.39 is 0 Å². The van der Waals surface area contributed by atoms with Crippen molar-refractivity contribution >= 4 is 35.3 Å². The SMILES string of the molecule is CCOCCCn1c(NC(=O)CN)nc2ccccc21.Cl. The molecule has 0 aliphatic heterocycles. The fourth-order valence-corrected chi connectivity index (χ4v) is 2.04. The third-order valence-corrected chi connectivity index (χ3v) is 2.97. The summed E-state index contributed by atoms with van der Waals surface area (Å²) in [5.74, 6) is 0.296. The number of para-hydroxylation sites is 2. The number of nitrogens with one attached hydrogen (secondary N) is 1. The van der Waals surface area contributed by atoms with Crippen molar-refractivity contribution < 1.29 is 9.53 Å². The summed E-state index contributed by atoms with van der Waals surface area (Å²) >= 11 is 0. The number of aryl methyl sites for hydroxylation is 1. The Hall–Kier alpha value is -1.63. The molecule has 0 unspecified atom stereocenters. The number of aromatic nitrogens is 2. The largest absolute Gasteiger partial charge is 0.382 e. The van der Waals surface area contributed by atoms with Crippen LogP contribution in [0.1, 0.15) is 13.3 Å². The van der Waals surface area contributed by atoms with Crippen LogP contribution in [0.2, 0.25) is 0 Å². The molecule has 0 radical (unpaired) electrons. The number of hydrogen-bond donors (Lipinski definition) is 2. The van der Waals surface area contributed by atoms with Crippen LogP contribution in [0.3, 0.4) is 0 Å². The minimum absolute atomic E-state index is 0. The van der Waals surface area contributed by atoms with Crippen molar-refractivity contribution in [2.75, 3.05) is 25.1 Å². The maximum absolute atomic E-state index is 11.5. The second-order valence-electron chi connectivity index (χ2n) is 4.38. The van der Waals surface area contributed by atoms with E-state index >= 15 is 0 Å². The molecule has 2 rings (SSSR count). The number of carbonyl (C=O) groups is 1. The molecule has 0 aliphatic carbocycles. The fourth-order valence-electron chi connectivity index (χ4n) is 2.04. The maximum atomic E-state index is 11.5. The third kappa shape index (κ3) is 4.42. The summed E-state index contributed by atoms with van der Waals surface area (Å²) in [5.41, 5.74) is 7.19. The first-order valence-electron chi connectivity index (χ1n) is 6.79. The number of ether oxygens (including phenoxy) is 1. The molecular formula is C14H21ClN4O2. The van der Waals surface area contributed by atoms with Gasteiger partial charge >= 0.3 is 0 Å². The molecular weight excluding hydrogens is 292 g/mol. The van der Waals surface area contributed by atoms with Crippen LogP contribution >= 0.6 is 12.4 Å². The van der Waals surface area contributed by atoms with E-state index in [0.29, 0.717) is 19.2 Å². The number of halogens is 1. The molecule has 116 valence electrons. The standard InChI is InChI=1S/C14H20N4O2.ClH/c1-2-20-9-5-8-18-12-7-4-3-6-11(12)16-14(18)17-13(19)10-15;/h3-4,6-7H,2,5,8-10,15H2,1H3,(H,16,17,19);1H. The first-order chi connectivity index (χ1) is 9.76. The molecule has 1 heterocycles. The monoisotopic (exact) mass is 312 g/mol. The van der Waals surface area contributed by atoms with Crippen molar-refractivity contribution in [1.82, 2.24) is 9.55 Å². The molecule has 0 atom stereocenters. The minimum atomic E-state index is -0.244. The Labute approximate surface area is 130 Å². The van der Waals surface area contributed by atoms with Gasteiger partial charge in [-0.2, -0.15) is 0 Å². The van der Waals surface area contributed by atoms with E-state index in [1.54, 1.807) is 0 Å². The Morgan fingerprint density at radius 2 is 2.19 bits per heavy atom. The summed E-state index contributed by atoms with van der Waals surface area (Å²) in [6, 6.07) is 7.79. The number of imidazole rings is 1. The van der Waals surface area contributed by atoms with Gasteiger partial charge in [0.15, 0.2) is 0 Å². The molecule has 0 bridgehead atoms. The van der Waals surface area contributed by atoms with Gasteiger partial charge in [-0.25, -0.2) is 4.98 Å². The van der Waals surface area contributed by atoms with Crippen molar-refractivity contribution in [1.29, 1.82) is 0 Å². The highest BCUT2D eigenvalue weighted by Gasteiger charge is 2.11. The predicted molar refractivity (Wildman–Crippen MR) is 85.8 cm³/mol. The van der Waals surface area contributed by atoms with Crippen LogP contribution in [0.5, 0.6) is 0 Å². The topological polar surface area (TPSA) is 82.2 Å². The van der Waals surface area contributed by atoms with Gasteiger partial charge in [-0.15, -0.1) is 12.4 Å². The lowest BCUT2D eigenvalue weighted by Gasteiger charge is -2.09. The van der Waals surface area contributed by atoms with Gasteiger partial charge in [-0.3, -0.25) is 10.1 Å². The predicted octanol–water partition coefficient (Wildman–Crippen LogP) is 1.78. The van der Waals surface area contributed by atoms with E-state index in [1.165, 1.54) is 0 Å². The van der Waals surface area contributed by atoms with Crippen molar-refractivity contribution in [2.45, 2.75) is 19.9 Å². The van der Waals surface area contributed by atoms with E-state index in [9.17, 15) is 4.79 Å². The Morgan fingerprint density at radius 1 is 1.43 bits per heavy atom. The van der Waals surface area contributed by atoms with Crippen LogP contribution in [0, 0.1) is 0 Å². The lowest BCUT2D eigenvalue weighted by molar-refractivity contribution is -0.115. The van der Waals surface area contributed by atoms with Crippen molar-refractivity contribution in [2.24, 2.45) is 5.73 Å². The number of fused-ring (bicyclic) bond motifs is 1. The van der Waals surface area contributed by atoms with E-state index in [2.05, 4.69) is 10.3 Å². The molecule has 7 heteroatoms. The van der Waals surface area contributed by atoms with E-state index in [4.69, 9.17) is 10.5 Å². The van der Waals surface area contributed by atoms with Gasteiger partial charge in [0.1, 0.15) is 0 Å². The Balaban J connectivity index is 0.00000220. The molecule has 2 aromatic rings. The smallest absolute Gasteiger partial charge is 0.240 e. The average molecular weight is 313 g/mol. The molecule has 3 N–H and O–H groups in total. The molecule has 1 aromatic heterocycles. The minimum Gasteiger partial charge on any atom is -0.382 e. The molecule has 6 nitrogen and oxygen atoms in total. The lowest BCUT2D eigenvalue weighted by Crippen LogP contribution is -2.24. The molecule has 1 amide bonds. The quantitative estimate of drug-likeness (QED) is 0.764. The van der Waals surface area contributed by atoms with Gasteiger partial charge in [-0.05, 0) is 25.5 Å². The zero-order chi connectivity index (χ0) is 14.4. The van der Waals surface area contributed by atoms with Gasteiger partial charge in [0, 0.05) is 19.8 Å². The van der Waals surface area contributed by atoms with Crippen LogP contribution in [0.4, 0.5) is 5.95 Å². The van der Waals surface area contributed by atoms with Crippen molar-refractivity contribution in [3.8, 4) is 0 Å². The normalized spacial score (nSPS) is 10.4. The van der Waals surface area contributed by atoms with Crippen molar-refractivity contribution in [3.63, 3.8) is 0 Å². The number of nitrogens with zero attached hydrogens (tertiary/aromatic N) is 2. The van der Waals surface area contributed by atoms with Gasteiger partial charge in [0.25, 0.3) is 0 Å². The second kappa shape index (κ2) is 8.61. The van der Waals surface area contributed by atoms with Crippen LogP contribution < -0.4 is 11.1 Å². The number of hydrogen-bond acceptors (Lipinski definition) is 4. The molecule has 0 saturated heterocycles. The van der Waals surface area contributed by atoms with Gasteiger partial charge < -0.3 is 15.0 Å². The average Bonchev–Trinajstić information content (AvgIpc) is 2.81. The van der Waals surface area contributed by atoms with Gasteiger partial charge in [0.05, 0.1) is 17.6 Å². The molecule has 1 aromatic carbocycles. The molecule has 21 heavy (non-hydrogen) atoms. The van der Waals surface area contributed by atoms with Crippen LogP contribution in [0.25, 0.3) is 11.0 Å². The molecule has 0 saturated carbocycles. The third-order valence-electron chi connectivity index (χ3n) is 2.97. The van der Waals surface area contributed by atoms with Crippen LogP contribution in [-0.4, -0.2) is 35.2 Å². The molecule has 0 spiro atoms. The number of amides is 1. The van der Waals surface area contributed by atoms with Crippen LogP contribution in [0.15, 0.2) is 24.3 Å². The first-order valence-corrected chi connectivity index (χ1v) is 6.79. The number of benzene rings is 1. The maximum Gasteiger partial charge on any atom is 0.240 e. The number of carbonyl (C=O) groups excluding carboxylic acids is 1. The summed E-state index contributed by atoms with van der Waals surface area (Å²) in [6.45, 7) is 4.05. The molecule has 0 aliphatic rings. The summed E-state index contributed by atoms with van der Waals surface area (Å²) < 4.78 is 7.33. The fraction of sp³-hybridized carbons (Fsp3) is 0.429. The first kappa shape index (κ1) is 17.4. The zero-order valence-corrected chi connectivity index (χ0v) is 12.9. The number of anilines is 1. The Kier molecular flexibility index (Phi) is 7.14. The van der Waals surface area contributed by atoms with Gasteiger partial charge in [-0.1, -0.05) is 12.1 Å². The summed E-state index contributed by atoms with van der Waals surface area (Å²) in [4.78, 5) is 15.9. The lowest BCUT2D eigenvalue weighted by atomic mass is 10.3. The summed E-state index contributed by atoms with van der Waals surface area (Å²) in [5, 5.41) is 2.74. The van der Waals surface area contributed by atoms with Gasteiger partial charge in [0.2, 0.25) is 11.9 Å². The summed E-state index contributed by atoms with van der Waals surface area (Å²) in [7, 11) is 0. The highest BCUT2D eigenvalue weighted by atomic mass is 35.5. The Bertz CT molecular complexity index is 585. The Morgan fingerprint density at radius 3 is 2.90 bits per heavy atom. The van der Waals surface area contributed by atoms with Crippen LogP contribution in [-0.2, 0) is 16.1 Å². The molecule has 0 fully saturated rings. The van der Waals surface area contributed by atoms with E-state index in [0.717, 1.165) is 24.0 Å². The highest BCUT2D eigenvalue weighted by molar-refractivity contribution is 5.92. The summed E-state index contributed by atoms with van der Waals surface area (Å²) in [6.07, 6.45) is 0.861. The van der Waals surface area contributed by atoms with Crippen molar-refractivity contribution in [3.05, 3.63) is 24.3 Å². The van der Waals surface area contributed by atoms with E-state index in [1.807, 2.05) is 35.8 Å². The zero-order valence-electron chi connectivity index (χ0n) is 12.0. The highest BCUT2D eigenvalue weighted by Crippen LogP contribution is 2.19. The second-order valence-corrected chi connectivity index (χ2v) is 4.38. The number of rotatable bonds is 7. The van der Waals surface area contributed by atoms with E-state index in [-0.39, 0.29) is 24.9 Å².